The number of rotatable bonds is 5. The zero-order chi connectivity index (χ0) is 29.2. The van der Waals surface area contributed by atoms with Crippen LogP contribution in [0.25, 0.3) is 28.0 Å². The predicted molar refractivity (Wildman–Crippen MR) is 158 cm³/mol. The second kappa shape index (κ2) is 10.0. The van der Waals surface area contributed by atoms with E-state index >= 15 is 0 Å². The number of nitrogens with two attached hydrogens (primary N) is 1. The molecule has 3 aromatic heterocycles. The minimum absolute atomic E-state index is 0.0114. The number of carbonyl (C=O) groups excluding carboxylic acids is 2. The number of piperidine rings is 1. The van der Waals surface area contributed by atoms with E-state index in [2.05, 4.69) is 10.1 Å². The maximum absolute atomic E-state index is 13.4. The standard InChI is InChI=1S/C31H32N6O4S/c1-18(38)27-28(22-13-23-8-9-24(14-22)36(23)31(39)21-11-12-42(40,41)17-21)35-30-25(16-34-37(30)29(27)32)20-7-10-26(33-15-20)19-5-3-2-4-6-19/h2-7,10,15-16,21-24H,8-9,11-14,17,32H2,1H3/t21?,22?,23-,24+. The molecule has 0 spiro atoms. The largest absolute Gasteiger partial charge is 0.383 e. The molecule has 3 saturated heterocycles. The molecule has 10 nitrogen and oxygen atoms in total. The predicted octanol–water partition coefficient (Wildman–Crippen LogP) is 3.91. The van der Waals surface area contributed by atoms with E-state index in [1.165, 1.54) is 11.4 Å². The Morgan fingerprint density at radius 3 is 2.31 bits per heavy atom. The highest BCUT2D eigenvalue weighted by Crippen LogP contribution is 2.45. The van der Waals surface area contributed by atoms with Gasteiger partial charge in [0.15, 0.2) is 21.3 Å². The maximum Gasteiger partial charge on any atom is 0.227 e. The lowest BCUT2D eigenvalue weighted by Crippen LogP contribution is -2.49. The van der Waals surface area contributed by atoms with Gasteiger partial charge in [-0.05, 0) is 45.1 Å². The summed E-state index contributed by atoms with van der Waals surface area (Å²) >= 11 is 0. The normalized spacial score (nSPS) is 24.7. The summed E-state index contributed by atoms with van der Waals surface area (Å²) in [6.07, 6.45) is 6.92. The van der Waals surface area contributed by atoms with E-state index in [-0.39, 0.29) is 47.0 Å². The molecule has 1 aromatic carbocycles. The smallest absolute Gasteiger partial charge is 0.227 e. The van der Waals surface area contributed by atoms with Gasteiger partial charge in [-0.15, -0.1) is 0 Å². The van der Waals surface area contributed by atoms with Crippen molar-refractivity contribution in [2.24, 2.45) is 5.92 Å². The van der Waals surface area contributed by atoms with Crippen molar-refractivity contribution in [2.45, 2.75) is 57.0 Å². The highest BCUT2D eigenvalue weighted by Gasteiger charge is 2.48. The molecule has 4 aromatic rings. The highest BCUT2D eigenvalue weighted by molar-refractivity contribution is 7.91. The number of hydrogen-bond acceptors (Lipinski definition) is 8. The molecule has 42 heavy (non-hydrogen) atoms. The molecule has 2 bridgehead atoms. The molecule has 1 amide bonds. The third kappa shape index (κ3) is 4.46. The maximum atomic E-state index is 13.4. The second-order valence-corrected chi connectivity index (χ2v) is 14.0. The van der Waals surface area contributed by atoms with E-state index in [1.54, 1.807) is 12.4 Å². The van der Waals surface area contributed by atoms with Crippen LogP contribution >= 0.6 is 0 Å². The summed E-state index contributed by atoms with van der Waals surface area (Å²) in [4.78, 5) is 38.0. The van der Waals surface area contributed by atoms with Crippen molar-refractivity contribution >= 4 is 33.0 Å². The first-order valence-corrected chi connectivity index (χ1v) is 16.2. The summed E-state index contributed by atoms with van der Waals surface area (Å²) in [5.41, 5.74) is 11.7. The Balaban J connectivity index is 1.22. The van der Waals surface area contributed by atoms with Gasteiger partial charge in [-0.1, -0.05) is 36.4 Å². The van der Waals surface area contributed by atoms with Crippen LogP contribution in [-0.4, -0.2) is 68.2 Å². The summed E-state index contributed by atoms with van der Waals surface area (Å²) in [5, 5.41) is 4.48. The molecule has 2 unspecified atom stereocenters. The van der Waals surface area contributed by atoms with Gasteiger partial charge in [0.1, 0.15) is 5.82 Å². The van der Waals surface area contributed by atoms with Crippen molar-refractivity contribution in [1.29, 1.82) is 0 Å². The van der Waals surface area contributed by atoms with Crippen LogP contribution in [0.1, 0.15) is 61.0 Å². The van der Waals surface area contributed by atoms with Crippen molar-refractivity contribution in [1.82, 2.24) is 24.5 Å². The molecule has 11 heteroatoms. The summed E-state index contributed by atoms with van der Waals surface area (Å²) < 4.78 is 25.6. The number of aromatic nitrogens is 4. The topological polar surface area (TPSA) is 141 Å². The molecule has 2 N–H and O–H groups in total. The number of sulfone groups is 1. The fraction of sp³-hybridized carbons (Fsp3) is 0.387. The fourth-order valence-corrected chi connectivity index (χ4v) is 8.92. The van der Waals surface area contributed by atoms with E-state index < -0.39 is 15.8 Å². The minimum Gasteiger partial charge on any atom is -0.383 e. The van der Waals surface area contributed by atoms with Gasteiger partial charge in [0, 0.05) is 40.9 Å². The Morgan fingerprint density at radius 2 is 1.69 bits per heavy atom. The lowest BCUT2D eigenvalue weighted by Gasteiger charge is -2.40. The van der Waals surface area contributed by atoms with Crippen LogP contribution < -0.4 is 5.73 Å². The first-order chi connectivity index (χ1) is 20.2. The van der Waals surface area contributed by atoms with Crippen molar-refractivity contribution in [3.63, 3.8) is 0 Å². The van der Waals surface area contributed by atoms with Crippen molar-refractivity contribution in [3.05, 3.63) is 66.1 Å². The van der Waals surface area contributed by atoms with Crippen molar-refractivity contribution in [2.75, 3.05) is 17.2 Å². The number of carbonyl (C=O) groups is 2. The minimum atomic E-state index is -3.15. The fourth-order valence-electron chi connectivity index (χ4n) is 7.19. The molecular formula is C31H32N6O4S. The molecule has 0 radical (unpaired) electrons. The van der Waals surface area contributed by atoms with Gasteiger partial charge in [0.05, 0.1) is 40.6 Å². The average Bonchev–Trinajstić information content (AvgIpc) is 3.65. The van der Waals surface area contributed by atoms with Crippen LogP contribution in [0.3, 0.4) is 0 Å². The van der Waals surface area contributed by atoms with Gasteiger partial charge in [-0.3, -0.25) is 14.6 Å². The van der Waals surface area contributed by atoms with E-state index in [0.717, 1.165) is 35.2 Å². The number of fused-ring (bicyclic) bond motifs is 3. The molecule has 3 fully saturated rings. The molecule has 0 aliphatic carbocycles. The Hall–Kier alpha value is -4.12. The van der Waals surface area contributed by atoms with Gasteiger partial charge in [0.25, 0.3) is 0 Å². The summed E-state index contributed by atoms with van der Waals surface area (Å²) in [6, 6.07) is 13.9. The second-order valence-electron chi connectivity index (χ2n) is 11.8. The first-order valence-electron chi connectivity index (χ1n) is 14.4. The van der Waals surface area contributed by atoms with E-state index in [0.29, 0.717) is 36.2 Å². The van der Waals surface area contributed by atoms with Crippen LogP contribution in [0.4, 0.5) is 5.82 Å². The lowest BCUT2D eigenvalue weighted by atomic mass is 9.84. The number of nitrogen functional groups attached to an aromatic ring is 1. The summed E-state index contributed by atoms with van der Waals surface area (Å²) in [7, 11) is -3.15. The van der Waals surface area contributed by atoms with Gasteiger partial charge in [-0.2, -0.15) is 9.61 Å². The number of nitrogens with zero attached hydrogens (tertiary/aromatic N) is 5. The number of anilines is 1. The van der Waals surface area contributed by atoms with Gasteiger partial charge >= 0.3 is 0 Å². The monoisotopic (exact) mass is 584 g/mol. The van der Waals surface area contributed by atoms with E-state index in [9.17, 15) is 18.0 Å². The van der Waals surface area contributed by atoms with Crippen LogP contribution in [-0.2, 0) is 14.6 Å². The summed E-state index contributed by atoms with van der Waals surface area (Å²) in [5.74, 6) is -0.455. The number of ketones is 1. The third-order valence-electron chi connectivity index (χ3n) is 9.16. The quantitative estimate of drug-likeness (QED) is 0.348. The Kier molecular flexibility index (Phi) is 6.38. The Bertz CT molecular complexity index is 1810. The molecule has 6 heterocycles. The number of benzene rings is 1. The van der Waals surface area contributed by atoms with Gasteiger partial charge in [-0.25, -0.2) is 13.4 Å². The van der Waals surface area contributed by atoms with E-state index in [1.807, 2.05) is 47.4 Å². The zero-order valence-electron chi connectivity index (χ0n) is 23.3. The average molecular weight is 585 g/mol. The highest BCUT2D eigenvalue weighted by atomic mass is 32.2. The third-order valence-corrected chi connectivity index (χ3v) is 10.9. The van der Waals surface area contributed by atoms with Gasteiger partial charge in [0.2, 0.25) is 5.91 Å². The van der Waals surface area contributed by atoms with Crippen LogP contribution in [0.5, 0.6) is 0 Å². The van der Waals surface area contributed by atoms with Gasteiger partial charge < -0.3 is 10.6 Å². The Labute approximate surface area is 243 Å². The number of pyridine rings is 1. The lowest BCUT2D eigenvalue weighted by molar-refractivity contribution is -0.139. The van der Waals surface area contributed by atoms with Crippen LogP contribution in [0.15, 0.2) is 54.9 Å². The molecular weight excluding hydrogens is 552 g/mol. The van der Waals surface area contributed by atoms with Crippen molar-refractivity contribution in [3.8, 4) is 22.4 Å². The summed E-state index contributed by atoms with van der Waals surface area (Å²) in [6.45, 7) is 1.49. The molecule has 3 aliphatic rings. The number of Topliss-reactive ketones (excluding diaryl/α,β-unsaturated/α-hetero) is 1. The molecule has 216 valence electrons. The van der Waals surface area contributed by atoms with Crippen LogP contribution in [0, 0.1) is 5.92 Å². The SMILES string of the molecule is CC(=O)c1c(C2C[C@H]3CC[C@@H](C2)N3C(=O)C2CCS(=O)(=O)C2)nc2c(-c3ccc(-c4ccccc4)nc3)cnn2c1N. The first kappa shape index (κ1) is 26.8. The zero-order valence-corrected chi connectivity index (χ0v) is 24.1. The molecule has 7 rings (SSSR count). The number of amides is 1. The van der Waals surface area contributed by atoms with E-state index in [4.69, 9.17) is 10.7 Å². The number of hydrogen-bond donors (Lipinski definition) is 1. The van der Waals surface area contributed by atoms with Crippen LogP contribution in [0.2, 0.25) is 0 Å². The Morgan fingerprint density at radius 1 is 0.952 bits per heavy atom. The van der Waals surface area contributed by atoms with Crippen molar-refractivity contribution < 1.29 is 18.0 Å². The molecule has 4 atom stereocenters. The molecule has 0 saturated carbocycles. The molecule has 3 aliphatic heterocycles.